The van der Waals surface area contributed by atoms with Gasteiger partial charge in [-0.3, -0.25) is 0 Å². The number of rotatable bonds is 8. The third-order valence-corrected chi connectivity index (χ3v) is 13.8. The average Bonchev–Trinajstić information content (AvgIpc) is 2.97. The maximum Gasteiger partial charge on any atom is 0.192 e. The lowest BCUT2D eigenvalue weighted by Crippen LogP contribution is -2.55. The van der Waals surface area contributed by atoms with Crippen LogP contribution in [-0.2, 0) is 18.6 Å². The van der Waals surface area contributed by atoms with E-state index in [9.17, 15) is 0 Å². The number of ether oxygens (including phenoxy) is 3. The quantitative estimate of drug-likeness (QED) is 0.191. The van der Waals surface area contributed by atoms with Crippen LogP contribution in [0.4, 0.5) is 0 Å². The van der Waals surface area contributed by atoms with Gasteiger partial charge in [0.1, 0.15) is 6.79 Å². The highest BCUT2D eigenvalue weighted by Gasteiger charge is 2.60. The molecule has 0 aromatic carbocycles. The van der Waals surface area contributed by atoms with Crippen LogP contribution in [0, 0.1) is 11.3 Å². The summed E-state index contributed by atoms with van der Waals surface area (Å²) in [5.41, 5.74) is 2.09. The molecule has 1 fully saturated rings. The topological polar surface area (TPSA) is 36.9 Å². The standard InChI is InChI=1S/C26H43BrO4Si/c1-19-11-14-26(30-18-29-16-15-28-6)20(17-21(19)27)12-13-25(5)22(26)9-10-23(25)31-32(7,8)24(2,3)4/h12,17,22-23H,1,9-11,13-16,18H2,2-8H3/t22-,23+,25+,26-/m1/s1. The zero-order chi connectivity index (χ0) is 23.8. The number of hydrogen-bond acceptors (Lipinski definition) is 4. The smallest absolute Gasteiger partial charge is 0.192 e. The molecule has 0 aliphatic heterocycles. The molecule has 1 saturated carbocycles. The van der Waals surface area contributed by atoms with Gasteiger partial charge in [0.15, 0.2) is 8.32 Å². The summed E-state index contributed by atoms with van der Waals surface area (Å²) in [6.45, 7) is 19.8. The molecule has 3 aliphatic rings. The molecule has 3 aliphatic carbocycles. The Labute approximate surface area is 205 Å². The molecule has 182 valence electrons. The van der Waals surface area contributed by atoms with E-state index in [4.69, 9.17) is 18.6 Å². The van der Waals surface area contributed by atoms with E-state index in [1.54, 1.807) is 7.11 Å². The molecule has 0 radical (unpaired) electrons. The van der Waals surface area contributed by atoms with Crippen molar-refractivity contribution in [1.82, 2.24) is 0 Å². The van der Waals surface area contributed by atoms with E-state index in [1.165, 1.54) is 5.57 Å². The molecule has 6 heteroatoms. The maximum absolute atomic E-state index is 7.06. The molecule has 0 aromatic heterocycles. The summed E-state index contributed by atoms with van der Waals surface area (Å²) in [4.78, 5) is 0. The van der Waals surface area contributed by atoms with Crippen LogP contribution < -0.4 is 0 Å². The van der Waals surface area contributed by atoms with Gasteiger partial charge in [-0.2, -0.15) is 0 Å². The second kappa shape index (κ2) is 9.78. The van der Waals surface area contributed by atoms with Crippen molar-refractivity contribution in [2.24, 2.45) is 11.3 Å². The minimum atomic E-state index is -1.87. The van der Waals surface area contributed by atoms with Crippen molar-refractivity contribution in [1.29, 1.82) is 0 Å². The van der Waals surface area contributed by atoms with Crippen LogP contribution >= 0.6 is 15.9 Å². The van der Waals surface area contributed by atoms with Gasteiger partial charge in [-0.05, 0) is 67.5 Å². The second-order valence-electron chi connectivity index (χ2n) is 11.5. The number of methoxy groups -OCH3 is 1. The highest BCUT2D eigenvalue weighted by molar-refractivity contribution is 9.12. The molecule has 32 heavy (non-hydrogen) atoms. The van der Waals surface area contributed by atoms with Gasteiger partial charge in [-0.25, -0.2) is 0 Å². The summed E-state index contributed by atoms with van der Waals surface area (Å²) in [6, 6.07) is 0. The summed E-state index contributed by atoms with van der Waals surface area (Å²) >= 11 is 3.75. The lowest BCUT2D eigenvalue weighted by atomic mass is 9.60. The SMILES string of the molecule is C=C1CC[C@@]2(OCOCCOC)C(=CC[C@]3(C)[C@@H](O[Si](C)(C)C(C)(C)C)CC[C@H]32)C=C1Br. The average molecular weight is 528 g/mol. The number of allylic oxidation sites excluding steroid dienone is 3. The highest BCUT2D eigenvalue weighted by atomic mass is 79.9. The van der Waals surface area contributed by atoms with E-state index in [-0.39, 0.29) is 29.0 Å². The van der Waals surface area contributed by atoms with Crippen LogP contribution in [0.2, 0.25) is 18.1 Å². The Morgan fingerprint density at radius 3 is 2.59 bits per heavy atom. The minimum absolute atomic E-state index is 0.0531. The van der Waals surface area contributed by atoms with E-state index in [0.29, 0.717) is 19.1 Å². The number of halogens is 1. The molecule has 0 saturated heterocycles. The Hall–Kier alpha value is -0.243. The van der Waals surface area contributed by atoms with Gasteiger partial charge < -0.3 is 18.6 Å². The Kier molecular flexibility index (Phi) is 8.06. The van der Waals surface area contributed by atoms with Crippen molar-refractivity contribution in [3.8, 4) is 0 Å². The van der Waals surface area contributed by atoms with Crippen molar-refractivity contribution in [2.75, 3.05) is 27.1 Å². The van der Waals surface area contributed by atoms with E-state index >= 15 is 0 Å². The first-order valence-electron chi connectivity index (χ1n) is 12.0. The zero-order valence-corrected chi connectivity index (χ0v) is 23.8. The predicted octanol–water partition coefficient (Wildman–Crippen LogP) is 7.13. The van der Waals surface area contributed by atoms with Crippen molar-refractivity contribution in [3.05, 3.63) is 34.4 Å². The molecule has 0 bridgehead atoms. The molecule has 0 N–H and O–H groups in total. The summed E-state index contributed by atoms with van der Waals surface area (Å²) in [5.74, 6) is 0.387. The predicted molar refractivity (Wildman–Crippen MR) is 137 cm³/mol. The highest BCUT2D eigenvalue weighted by Crippen LogP contribution is 2.61. The van der Waals surface area contributed by atoms with Crippen LogP contribution in [0.1, 0.15) is 59.8 Å². The lowest BCUT2D eigenvalue weighted by Gasteiger charge is -2.52. The van der Waals surface area contributed by atoms with E-state index < -0.39 is 8.32 Å². The van der Waals surface area contributed by atoms with Crippen molar-refractivity contribution in [3.63, 3.8) is 0 Å². The molecule has 0 amide bonds. The monoisotopic (exact) mass is 526 g/mol. The van der Waals surface area contributed by atoms with Gasteiger partial charge >= 0.3 is 0 Å². The molecule has 4 nitrogen and oxygen atoms in total. The molecule has 0 aromatic rings. The fourth-order valence-corrected chi connectivity index (χ4v) is 7.37. The van der Waals surface area contributed by atoms with Crippen LogP contribution in [0.15, 0.2) is 34.4 Å². The molecular weight excluding hydrogens is 484 g/mol. The fourth-order valence-electron chi connectivity index (χ4n) is 5.47. The Bertz CT molecular complexity index is 768. The van der Waals surface area contributed by atoms with Gasteiger partial charge in [-0.15, -0.1) is 0 Å². The van der Waals surface area contributed by atoms with Gasteiger partial charge in [0, 0.05) is 22.9 Å². The molecular formula is C26H43BrO4Si. The summed E-state index contributed by atoms with van der Waals surface area (Å²) in [6.07, 6.45) is 9.96. The van der Waals surface area contributed by atoms with Crippen molar-refractivity contribution >= 4 is 24.2 Å². The Morgan fingerprint density at radius 2 is 1.94 bits per heavy atom. The van der Waals surface area contributed by atoms with Crippen molar-refractivity contribution < 1.29 is 18.6 Å². The Balaban J connectivity index is 1.92. The summed E-state index contributed by atoms with van der Waals surface area (Å²) in [7, 11) is -0.176. The third kappa shape index (κ3) is 4.92. The molecule has 3 rings (SSSR count). The lowest BCUT2D eigenvalue weighted by molar-refractivity contribution is -0.175. The van der Waals surface area contributed by atoms with E-state index in [2.05, 4.69) is 75.4 Å². The molecule has 0 heterocycles. The fraction of sp³-hybridized carbons (Fsp3) is 0.769. The van der Waals surface area contributed by atoms with Crippen molar-refractivity contribution in [2.45, 2.75) is 89.6 Å². The summed E-state index contributed by atoms with van der Waals surface area (Å²) in [5, 5.41) is 0.203. The van der Waals surface area contributed by atoms with Gasteiger partial charge in [0.05, 0.1) is 24.9 Å². The molecule has 4 atom stereocenters. The van der Waals surface area contributed by atoms with Gasteiger partial charge in [-0.1, -0.05) is 56.3 Å². The van der Waals surface area contributed by atoms with Crippen LogP contribution in [-0.4, -0.2) is 47.1 Å². The first-order chi connectivity index (χ1) is 14.9. The minimum Gasteiger partial charge on any atom is -0.413 e. The van der Waals surface area contributed by atoms with E-state index in [0.717, 1.165) is 42.2 Å². The first kappa shape index (κ1) is 26.4. The maximum atomic E-state index is 7.06. The molecule has 0 spiro atoms. The van der Waals surface area contributed by atoms with Crippen LogP contribution in [0.25, 0.3) is 0 Å². The summed E-state index contributed by atoms with van der Waals surface area (Å²) < 4.78 is 25.8. The van der Waals surface area contributed by atoms with Crippen LogP contribution in [0.3, 0.4) is 0 Å². The van der Waals surface area contributed by atoms with E-state index in [1.807, 2.05) is 0 Å². The largest absolute Gasteiger partial charge is 0.413 e. The third-order valence-electron chi connectivity index (χ3n) is 8.56. The first-order valence-corrected chi connectivity index (χ1v) is 15.7. The normalized spacial score (nSPS) is 33.3. The Morgan fingerprint density at radius 1 is 1.22 bits per heavy atom. The molecule has 0 unspecified atom stereocenters. The van der Waals surface area contributed by atoms with Gasteiger partial charge in [0.25, 0.3) is 0 Å². The van der Waals surface area contributed by atoms with Gasteiger partial charge in [0.2, 0.25) is 0 Å². The zero-order valence-electron chi connectivity index (χ0n) is 21.2. The van der Waals surface area contributed by atoms with Crippen LogP contribution in [0.5, 0.6) is 0 Å². The second-order valence-corrected chi connectivity index (χ2v) is 17.1. The number of hydrogen-bond donors (Lipinski definition) is 0. The number of fused-ring (bicyclic) bond motifs is 3.